The van der Waals surface area contributed by atoms with Crippen molar-refractivity contribution in [3.8, 4) is 0 Å². The normalized spacial score (nSPS) is 20.5. The summed E-state index contributed by atoms with van der Waals surface area (Å²) in [5, 5.41) is 0.970. The van der Waals surface area contributed by atoms with E-state index in [1.165, 1.54) is 0 Å². The van der Waals surface area contributed by atoms with Crippen LogP contribution in [0.15, 0.2) is 83.6 Å². The number of allylic oxidation sites excluding steroid dienone is 3. The molecule has 1 unspecified atom stereocenters. The summed E-state index contributed by atoms with van der Waals surface area (Å²) in [6.45, 7) is 6.31. The number of rotatable bonds is 2. The van der Waals surface area contributed by atoms with Gasteiger partial charge in [0.1, 0.15) is 0 Å². The fourth-order valence-corrected chi connectivity index (χ4v) is 6.45. The molecule has 2 aliphatic carbocycles. The van der Waals surface area contributed by atoms with Crippen molar-refractivity contribution in [3.05, 3.63) is 116 Å². The molecule has 0 spiro atoms. The summed E-state index contributed by atoms with van der Waals surface area (Å²) in [7, 11) is 0. The maximum Gasteiger partial charge on any atom is 0.192 e. The minimum atomic E-state index is -0.551. The predicted octanol–water partition coefficient (Wildman–Crippen LogP) is 8.16. The van der Waals surface area contributed by atoms with E-state index >= 15 is 0 Å². The first-order chi connectivity index (χ1) is 17.2. The first-order valence-corrected chi connectivity index (χ1v) is 12.9. The number of benzene rings is 3. The van der Waals surface area contributed by atoms with Crippen molar-refractivity contribution in [3.63, 3.8) is 0 Å². The molecule has 0 amide bonds. The Morgan fingerprint density at radius 1 is 0.861 bits per heavy atom. The molecule has 0 saturated heterocycles. The lowest BCUT2D eigenvalue weighted by atomic mass is 9.68. The Morgan fingerprint density at radius 2 is 1.56 bits per heavy atom. The van der Waals surface area contributed by atoms with Crippen LogP contribution in [-0.4, -0.2) is 11.6 Å². The van der Waals surface area contributed by atoms with Gasteiger partial charge in [-0.2, -0.15) is 0 Å². The number of carbonyl (C=O) groups excluding carboxylic acids is 2. The van der Waals surface area contributed by atoms with Crippen molar-refractivity contribution in [1.82, 2.24) is 0 Å². The van der Waals surface area contributed by atoms with Gasteiger partial charge in [-0.05, 0) is 48.6 Å². The Labute approximate surface area is 221 Å². The fourth-order valence-electron chi connectivity index (χ4n) is 5.93. The molecule has 6 rings (SSSR count). The van der Waals surface area contributed by atoms with Crippen LogP contribution in [0.3, 0.4) is 0 Å². The second kappa shape index (κ2) is 8.19. The van der Waals surface area contributed by atoms with Gasteiger partial charge in [0.2, 0.25) is 0 Å². The first-order valence-electron chi connectivity index (χ1n) is 12.1. The minimum Gasteiger partial charge on any atom is -0.313 e. The average molecular weight is 514 g/mol. The molecule has 1 heterocycles. The summed E-state index contributed by atoms with van der Waals surface area (Å²) in [5.74, 6) is -0.549. The third-order valence-corrected chi connectivity index (χ3v) is 8.02. The molecule has 3 aromatic rings. The maximum absolute atomic E-state index is 14.0. The van der Waals surface area contributed by atoms with Gasteiger partial charge < -0.3 is 4.90 Å². The van der Waals surface area contributed by atoms with Crippen molar-refractivity contribution in [1.29, 1.82) is 0 Å². The van der Waals surface area contributed by atoms with E-state index in [-0.39, 0.29) is 17.0 Å². The Morgan fingerprint density at radius 3 is 2.25 bits per heavy atom. The van der Waals surface area contributed by atoms with E-state index in [9.17, 15) is 9.59 Å². The fraction of sp³-hybridized carbons (Fsp3) is 0.226. The SMILES string of the molecule is Cc1ccc(N2C3=C(C(=O)CC(C)(C)C3)C(c3ccc(Cl)cc3Cl)C3=C2c2ccccc2C3=O)cc1. The second-order valence-corrected chi connectivity index (χ2v) is 11.6. The van der Waals surface area contributed by atoms with Crippen molar-refractivity contribution >= 4 is 46.2 Å². The van der Waals surface area contributed by atoms with E-state index in [2.05, 4.69) is 49.9 Å². The Kier molecular flexibility index (Phi) is 5.30. The van der Waals surface area contributed by atoms with Crippen molar-refractivity contribution in [2.75, 3.05) is 4.90 Å². The highest BCUT2D eigenvalue weighted by Crippen LogP contribution is 2.56. The smallest absolute Gasteiger partial charge is 0.192 e. The molecule has 3 aromatic carbocycles. The topological polar surface area (TPSA) is 37.4 Å². The minimum absolute atomic E-state index is 0.0575. The number of nitrogens with zero attached hydrogens (tertiary/aromatic N) is 1. The van der Waals surface area contributed by atoms with Crippen LogP contribution < -0.4 is 4.90 Å². The average Bonchev–Trinajstić information content (AvgIpc) is 3.11. The van der Waals surface area contributed by atoms with Crippen molar-refractivity contribution < 1.29 is 9.59 Å². The zero-order valence-electron chi connectivity index (χ0n) is 20.4. The molecule has 36 heavy (non-hydrogen) atoms. The molecular formula is C31H25Cl2NO2. The molecule has 0 radical (unpaired) electrons. The summed E-state index contributed by atoms with van der Waals surface area (Å²) in [6, 6.07) is 21.3. The highest BCUT2D eigenvalue weighted by Gasteiger charge is 2.50. The summed E-state index contributed by atoms with van der Waals surface area (Å²) >= 11 is 13.0. The number of hydrogen-bond donors (Lipinski definition) is 0. The number of ketones is 2. The largest absolute Gasteiger partial charge is 0.313 e. The summed E-state index contributed by atoms with van der Waals surface area (Å²) in [5.41, 5.74) is 7.21. The van der Waals surface area contributed by atoms with Crippen LogP contribution in [0, 0.1) is 12.3 Å². The van der Waals surface area contributed by atoms with Gasteiger partial charge in [-0.25, -0.2) is 0 Å². The quantitative estimate of drug-likeness (QED) is 0.346. The van der Waals surface area contributed by atoms with Crippen molar-refractivity contribution in [2.24, 2.45) is 5.41 Å². The van der Waals surface area contributed by atoms with Gasteiger partial charge >= 0.3 is 0 Å². The number of hydrogen-bond acceptors (Lipinski definition) is 3. The molecule has 0 N–H and O–H groups in total. The van der Waals surface area contributed by atoms with Gasteiger partial charge in [0.25, 0.3) is 0 Å². The molecule has 1 aliphatic heterocycles. The lowest BCUT2D eigenvalue weighted by Crippen LogP contribution is -2.39. The maximum atomic E-state index is 14.0. The molecule has 5 heteroatoms. The third kappa shape index (κ3) is 3.48. The van der Waals surface area contributed by atoms with Crippen LogP contribution >= 0.6 is 23.2 Å². The number of anilines is 1. The van der Waals surface area contributed by atoms with Crippen LogP contribution in [-0.2, 0) is 4.79 Å². The number of halogens is 2. The van der Waals surface area contributed by atoms with Gasteiger partial charge in [-0.1, -0.05) is 85.1 Å². The van der Waals surface area contributed by atoms with E-state index in [0.29, 0.717) is 39.6 Å². The summed E-state index contributed by atoms with van der Waals surface area (Å²) in [6.07, 6.45) is 1.12. The van der Waals surface area contributed by atoms with E-state index in [4.69, 9.17) is 23.2 Å². The predicted molar refractivity (Wildman–Crippen MR) is 146 cm³/mol. The number of carbonyl (C=O) groups is 2. The highest BCUT2D eigenvalue weighted by molar-refractivity contribution is 6.35. The van der Waals surface area contributed by atoms with Crippen LogP contribution in [0.25, 0.3) is 5.70 Å². The molecule has 3 aliphatic rings. The molecule has 0 aromatic heterocycles. The van der Waals surface area contributed by atoms with Crippen LogP contribution in [0.4, 0.5) is 5.69 Å². The van der Waals surface area contributed by atoms with Gasteiger partial charge in [0, 0.05) is 56.0 Å². The zero-order chi connectivity index (χ0) is 25.4. The van der Waals surface area contributed by atoms with E-state index in [0.717, 1.165) is 33.8 Å². The monoisotopic (exact) mass is 513 g/mol. The van der Waals surface area contributed by atoms with E-state index < -0.39 is 5.92 Å². The van der Waals surface area contributed by atoms with Gasteiger partial charge in [0.15, 0.2) is 11.6 Å². The van der Waals surface area contributed by atoms with Gasteiger partial charge in [-0.15, -0.1) is 0 Å². The van der Waals surface area contributed by atoms with Crippen LogP contribution in [0.1, 0.15) is 59.7 Å². The lowest BCUT2D eigenvalue weighted by molar-refractivity contribution is -0.118. The Balaban J connectivity index is 1.71. The lowest BCUT2D eigenvalue weighted by Gasteiger charge is -2.44. The third-order valence-electron chi connectivity index (χ3n) is 7.46. The first kappa shape index (κ1) is 23.3. The molecule has 1 atom stereocenters. The number of fused-ring (bicyclic) bond motifs is 2. The second-order valence-electron chi connectivity index (χ2n) is 10.7. The highest BCUT2D eigenvalue weighted by atomic mass is 35.5. The molecule has 0 fully saturated rings. The van der Waals surface area contributed by atoms with Crippen molar-refractivity contribution in [2.45, 2.75) is 39.5 Å². The molecule has 0 bridgehead atoms. The molecule has 180 valence electrons. The van der Waals surface area contributed by atoms with Crippen LogP contribution in [0.2, 0.25) is 10.0 Å². The summed E-state index contributed by atoms with van der Waals surface area (Å²) < 4.78 is 0. The standard InChI is InChI=1S/C31H25Cl2NO2/c1-17-8-11-19(12-9-17)34-24-15-31(2,3)16-25(35)27(24)26(22-13-10-18(32)14-23(22)33)28-29(34)20-6-4-5-7-21(20)30(28)36/h4-14,26H,15-16H2,1-3H3. The number of aryl methyl sites for hydroxylation is 1. The van der Waals surface area contributed by atoms with Gasteiger partial charge in [-0.3, -0.25) is 9.59 Å². The van der Waals surface area contributed by atoms with Crippen LogP contribution in [0.5, 0.6) is 0 Å². The van der Waals surface area contributed by atoms with Gasteiger partial charge in [0.05, 0.1) is 5.70 Å². The van der Waals surface area contributed by atoms with E-state index in [1.54, 1.807) is 12.1 Å². The Hall–Kier alpha value is -3.14. The summed E-state index contributed by atoms with van der Waals surface area (Å²) in [4.78, 5) is 30.1. The zero-order valence-corrected chi connectivity index (χ0v) is 21.9. The Bertz CT molecular complexity index is 1530. The molecule has 3 nitrogen and oxygen atoms in total. The number of Topliss-reactive ketones (excluding diaryl/α,β-unsaturated/α-hetero) is 2. The molecule has 0 saturated carbocycles. The van der Waals surface area contributed by atoms with E-state index in [1.807, 2.05) is 30.3 Å². The molecular weight excluding hydrogens is 489 g/mol.